The molecule has 1 aromatic heterocycles. The summed E-state index contributed by atoms with van der Waals surface area (Å²) in [5.41, 5.74) is 0.274. The highest BCUT2D eigenvalue weighted by Gasteiger charge is 2.38. The molecule has 0 saturated carbocycles. The number of carbonyl (C=O) groups excluding carboxylic acids is 3. The first-order valence-corrected chi connectivity index (χ1v) is 8.68. The van der Waals surface area contributed by atoms with Crippen molar-refractivity contribution >= 4 is 44.4 Å². The van der Waals surface area contributed by atoms with Gasteiger partial charge in [-0.1, -0.05) is 11.3 Å². The number of alkyl halides is 6. The lowest BCUT2D eigenvalue weighted by Crippen LogP contribution is -2.47. The van der Waals surface area contributed by atoms with Crippen LogP contribution in [0.3, 0.4) is 0 Å². The molecule has 1 unspecified atom stereocenters. The summed E-state index contributed by atoms with van der Waals surface area (Å²) in [6.45, 7) is 0.223. The van der Waals surface area contributed by atoms with Crippen LogP contribution in [0, 0.1) is 0 Å². The van der Waals surface area contributed by atoms with Crippen molar-refractivity contribution in [3.63, 3.8) is 0 Å². The number of fused-ring (bicyclic) bond motifs is 1. The molecule has 1 atom stereocenters. The SMILES string of the molecule is CC(NC(=O)CNC(=O)C(F)(F)F)C(=O)Nc1nc2ccc(OC(F)(F)F)cc2s1. The summed E-state index contributed by atoms with van der Waals surface area (Å²) in [5, 5.41) is 5.74. The molecule has 0 aliphatic heterocycles. The summed E-state index contributed by atoms with van der Waals surface area (Å²) in [7, 11) is 0. The van der Waals surface area contributed by atoms with Gasteiger partial charge in [-0.3, -0.25) is 14.4 Å². The van der Waals surface area contributed by atoms with Crippen LogP contribution in [0.1, 0.15) is 6.92 Å². The third-order valence-electron chi connectivity index (χ3n) is 3.26. The first-order chi connectivity index (χ1) is 13.7. The zero-order valence-electron chi connectivity index (χ0n) is 14.8. The van der Waals surface area contributed by atoms with E-state index in [0.29, 0.717) is 0 Å². The summed E-state index contributed by atoms with van der Waals surface area (Å²) in [6.07, 6.45) is -10.0. The zero-order chi connectivity index (χ0) is 22.7. The number of aromatic nitrogens is 1. The quantitative estimate of drug-likeness (QED) is 0.576. The summed E-state index contributed by atoms with van der Waals surface area (Å²) >= 11 is 0.834. The predicted molar refractivity (Wildman–Crippen MR) is 91.6 cm³/mol. The maximum Gasteiger partial charge on any atom is 0.573 e. The van der Waals surface area contributed by atoms with Crippen LogP contribution in [-0.2, 0) is 14.4 Å². The lowest BCUT2D eigenvalue weighted by Gasteiger charge is -2.13. The molecule has 0 spiro atoms. The van der Waals surface area contributed by atoms with Gasteiger partial charge in [0.05, 0.1) is 16.8 Å². The molecule has 2 rings (SSSR count). The molecule has 30 heavy (non-hydrogen) atoms. The van der Waals surface area contributed by atoms with Crippen LogP contribution >= 0.6 is 11.3 Å². The van der Waals surface area contributed by atoms with Gasteiger partial charge in [0.1, 0.15) is 11.8 Å². The number of halogens is 6. The molecule has 0 fully saturated rings. The van der Waals surface area contributed by atoms with Crippen molar-refractivity contribution in [1.82, 2.24) is 15.6 Å². The van der Waals surface area contributed by atoms with Gasteiger partial charge in [-0.15, -0.1) is 13.2 Å². The molecule has 3 amide bonds. The second-order valence-corrected chi connectivity index (χ2v) is 6.69. The fourth-order valence-electron chi connectivity index (χ4n) is 1.99. The van der Waals surface area contributed by atoms with E-state index in [1.807, 2.05) is 0 Å². The number of hydrogen-bond donors (Lipinski definition) is 3. The first-order valence-electron chi connectivity index (χ1n) is 7.86. The standard InChI is InChI=1S/C15H12F6N4O4S/c1-6(23-10(26)5-22-12(28)14(16,17)18)11(27)25-13-24-8-3-2-7(4-9(8)30-13)29-15(19,20)21/h2-4,6H,5H2,1H3,(H,22,28)(H,23,26)(H,24,25,27). The van der Waals surface area contributed by atoms with Gasteiger partial charge < -0.3 is 20.7 Å². The minimum Gasteiger partial charge on any atom is -0.406 e. The van der Waals surface area contributed by atoms with Crippen LogP contribution in [-0.4, -0.2) is 47.8 Å². The van der Waals surface area contributed by atoms with Gasteiger partial charge in [-0.2, -0.15) is 13.2 Å². The molecule has 164 valence electrons. The summed E-state index contributed by atoms with van der Waals surface area (Å²) in [6, 6.07) is 2.15. The van der Waals surface area contributed by atoms with Crippen LogP contribution < -0.4 is 20.7 Å². The third-order valence-corrected chi connectivity index (χ3v) is 4.19. The number of rotatable bonds is 6. The van der Waals surface area contributed by atoms with Gasteiger partial charge in [0.25, 0.3) is 0 Å². The van der Waals surface area contributed by atoms with Gasteiger partial charge in [0, 0.05) is 6.07 Å². The topological polar surface area (TPSA) is 109 Å². The van der Waals surface area contributed by atoms with Crippen molar-refractivity contribution in [3.05, 3.63) is 18.2 Å². The van der Waals surface area contributed by atoms with E-state index in [4.69, 9.17) is 0 Å². The maximum absolute atomic E-state index is 12.3. The van der Waals surface area contributed by atoms with E-state index in [9.17, 15) is 40.7 Å². The number of amides is 3. The highest BCUT2D eigenvalue weighted by Crippen LogP contribution is 2.31. The van der Waals surface area contributed by atoms with Gasteiger partial charge in [0.2, 0.25) is 11.8 Å². The molecule has 0 saturated heterocycles. The molecular formula is C15H12F6N4O4S. The summed E-state index contributed by atoms with van der Waals surface area (Å²) < 4.78 is 77.0. The molecule has 8 nitrogen and oxygen atoms in total. The molecule has 0 bridgehead atoms. The Bertz CT molecular complexity index is 959. The van der Waals surface area contributed by atoms with E-state index in [0.717, 1.165) is 23.5 Å². The predicted octanol–water partition coefficient (Wildman–Crippen LogP) is 2.32. The van der Waals surface area contributed by atoms with Gasteiger partial charge >= 0.3 is 18.4 Å². The van der Waals surface area contributed by atoms with Crippen LogP contribution in [0.5, 0.6) is 5.75 Å². The Kier molecular flexibility index (Phi) is 6.74. The average molecular weight is 458 g/mol. The van der Waals surface area contributed by atoms with Crippen molar-refractivity contribution in [2.24, 2.45) is 0 Å². The fraction of sp³-hybridized carbons (Fsp3) is 0.333. The van der Waals surface area contributed by atoms with Gasteiger partial charge in [0.15, 0.2) is 5.13 Å². The Labute approximate surface area is 167 Å². The highest BCUT2D eigenvalue weighted by molar-refractivity contribution is 7.22. The molecule has 1 aromatic carbocycles. The van der Waals surface area contributed by atoms with Crippen LogP contribution in [0.15, 0.2) is 18.2 Å². The van der Waals surface area contributed by atoms with Gasteiger partial charge in [-0.25, -0.2) is 4.98 Å². The van der Waals surface area contributed by atoms with E-state index >= 15 is 0 Å². The van der Waals surface area contributed by atoms with Gasteiger partial charge in [-0.05, 0) is 19.1 Å². The number of carbonyl (C=O) groups is 3. The number of thiazole rings is 1. The molecule has 2 aromatic rings. The number of benzene rings is 1. The van der Waals surface area contributed by atoms with Crippen molar-refractivity contribution in [3.8, 4) is 5.75 Å². The number of nitrogens with one attached hydrogen (secondary N) is 3. The maximum atomic E-state index is 12.3. The lowest BCUT2D eigenvalue weighted by atomic mass is 10.3. The van der Waals surface area contributed by atoms with E-state index < -0.39 is 48.6 Å². The van der Waals surface area contributed by atoms with Crippen molar-refractivity contribution in [2.75, 3.05) is 11.9 Å². The van der Waals surface area contributed by atoms with E-state index in [1.54, 1.807) is 0 Å². The van der Waals surface area contributed by atoms with E-state index in [-0.39, 0.29) is 15.3 Å². The van der Waals surface area contributed by atoms with Crippen LogP contribution in [0.2, 0.25) is 0 Å². The number of ether oxygens (including phenoxy) is 1. The van der Waals surface area contributed by atoms with E-state index in [2.05, 4.69) is 20.4 Å². The molecule has 3 N–H and O–H groups in total. The molecule has 1 heterocycles. The fourth-order valence-corrected chi connectivity index (χ4v) is 2.89. The van der Waals surface area contributed by atoms with Crippen molar-refractivity contribution in [1.29, 1.82) is 0 Å². The molecule has 15 heteroatoms. The summed E-state index contributed by atoms with van der Waals surface area (Å²) in [4.78, 5) is 38.3. The second kappa shape index (κ2) is 8.73. The summed E-state index contributed by atoms with van der Waals surface area (Å²) in [5.74, 6) is -4.62. The van der Waals surface area contributed by atoms with Crippen molar-refractivity contribution < 1.29 is 45.5 Å². The Morgan fingerprint density at radius 1 is 1.17 bits per heavy atom. The highest BCUT2D eigenvalue weighted by atomic mass is 32.1. The third kappa shape index (κ3) is 6.75. The number of anilines is 1. The molecular weight excluding hydrogens is 446 g/mol. The molecule has 0 radical (unpaired) electrons. The minimum atomic E-state index is -5.15. The zero-order valence-corrected chi connectivity index (χ0v) is 15.6. The average Bonchev–Trinajstić information content (AvgIpc) is 2.98. The van der Waals surface area contributed by atoms with E-state index in [1.165, 1.54) is 18.3 Å². The Hall–Kier alpha value is -3.10. The normalized spacial score (nSPS) is 12.9. The smallest absolute Gasteiger partial charge is 0.406 e. The number of hydrogen-bond acceptors (Lipinski definition) is 6. The van der Waals surface area contributed by atoms with Crippen LogP contribution in [0.4, 0.5) is 31.5 Å². The van der Waals surface area contributed by atoms with Crippen molar-refractivity contribution in [2.45, 2.75) is 25.5 Å². The second-order valence-electron chi connectivity index (χ2n) is 5.66. The number of nitrogens with zero attached hydrogens (tertiary/aromatic N) is 1. The largest absolute Gasteiger partial charge is 0.573 e. The first kappa shape index (κ1) is 23.2. The monoisotopic (exact) mass is 458 g/mol. The Morgan fingerprint density at radius 2 is 1.83 bits per heavy atom. The Morgan fingerprint density at radius 3 is 2.43 bits per heavy atom. The minimum absolute atomic E-state index is 0.00521. The van der Waals surface area contributed by atoms with Crippen LogP contribution in [0.25, 0.3) is 10.2 Å². The Balaban J connectivity index is 1.93. The molecule has 0 aliphatic carbocycles. The lowest BCUT2D eigenvalue weighted by molar-refractivity contribution is -0.274. The molecule has 0 aliphatic rings.